The lowest BCUT2D eigenvalue weighted by molar-refractivity contribution is -0.117. The van der Waals surface area contributed by atoms with Crippen molar-refractivity contribution in [2.75, 3.05) is 31.2 Å². The first kappa shape index (κ1) is 20.2. The summed E-state index contributed by atoms with van der Waals surface area (Å²) in [4.78, 5) is 13.6. The normalized spacial score (nSPS) is 14.3. The number of ether oxygens (including phenoxy) is 2. The number of nitrogens with one attached hydrogen (secondary N) is 1. The van der Waals surface area contributed by atoms with Gasteiger partial charge in [-0.05, 0) is 49.7 Å². The van der Waals surface area contributed by atoms with Gasteiger partial charge >= 0.3 is 0 Å². The molecule has 2 aromatic rings. The first-order valence-corrected chi connectivity index (χ1v) is 10.7. The number of amides is 1. The van der Waals surface area contributed by atoms with E-state index >= 15 is 0 Å². The van der Waals surface area contributed by atoms with Crippen LogP contribution >= 0.6 is 0 Å². The molecule has 1 heterocycles. The molecule has 0 radical (unpaired) electrons. The SMILES string of the molecule is CCOc1ccccc1OCCNS(=O)(=O)c1ccc(N2CCCC2=O)cc1. The summed E-state index contributed by atoms with van der Waals surface area (Å²) in [6, 6.07) is 13.6. The molecule has 0 aromatic heterocycles. The third kappa shape index (κ3) is 4.82. The molecule has 0 aliphatic carbocycles. The van der Waals surface area contributed by atoms with E-state index in [-0.39, 0.29) is 24.0 Å². The summed E-state index contributed by atoms with van der Waals surface area (Å²) in [6.07, 6.45) is 1.36. The summed E-state index contributed by atoms with van der Waals surface area (Å²) in [5.41, 5.74) is 0.720. The molecule has 7 nitrogen and oxygen atoms in total. The summed E-state index contributed by atoms with van der Waals surface area (Å²) in [7, 11) is -3.65. The maximum absolute atomic E-state index is 12.4. The van der Waals surface area contributed by atoms with E-state index in [0.717, 1.165) is 12.1 Å². The Labute approximate surface area is 165 Å². The van der Waals surface area contributed by atoms with Crippen molar-refractivity contribution in [3.8, 4) is 11.5 Å². The summed E-state index contributed by atoms with van der Waals surface area (Å²) in [5, 5.41) is 0. The molecule has 0 saturated carbocycles. The highest BCUT2D eigenvalue weighted by Gasteiger charge is 2.22. The fourth-order valence-corrected chi connectivity index (χ4v) is 4.00. The van der Waals surface area contributed by atoms with Crippen molar-refractivity contribution in [2.45, 2.75) is 24.7 Å². The number of para-hydroxylation sites is 2. The predicted octanol–water partition coefficient (Wildman–Crippen LogP) is 2.57. The molecule has 0 atom stereocenters. The van der Waals surface area contributed by atoms with E-state index in [4.69, 9.17) is 9.47 Å². The number of carbonyl (C=O) groups excluding carboxylic acids is 1. The Kier molecular flexibility index (Phi) is 6.53. The van der Waals surface area contributed by atoms with E-state index in [1.165, 1.54) is 12.1 Å². The summed E-state index contributed by atoms with van der Waals surface area (Å²) < 4.78 is 38.5. The van der Waals surface area contributed by atoms with Crippen LogP contribution in [0.1, 0.15) is 19.8 Å². The van der Waals surface area contributed by atoms with Gasteiger partial charge in [0.1, 0.15) is 6.61 Å². The quantitative estimate of drug-likeness (QED) is 0.650. The van der Waals surface area contributed by atoms with Crippen LogP contribution in [0.25, 0.3) is 0 Å². The Morgan fingerprint density at radius 3 is 2.32 bits per heavy atom. The minimum Gasteiger partial charge on any atom is -0.490 e. The van der Waals surface area contributed by atoms with Gasteiger partial charge in [0.15, 0.2) is 11.5 Å². The Morgan fingerprint density at radius 1 is 1.04 bits per heavy atom. The number of hydrogen-bond acceptors (Lipinski definition) is 5. The Balaban J connectivity index is 1.55. The van der Waals surface area contributed by atoms with E-state index in [9.17, 15) is 13.2 Å². The van der Waals surface area contributed by atoms with Gasteiger partial charge in [-0.2, -0.15) is 0 Å². The first-order valence-electron chi connectivity index (χ1n) is 9.26. The number of benzene rings is 2. The van der Waals surface area contributed by atoms with Gasteiger partial charge in [-0.1, -0.05) is 12.1 Å². The number of sulfonamides is 1. The van der Waals surface area contributed by atoms with Crippen LogP contribution in [-0.2, 0) is 14.8 Å². The highest BCUT2D eigenvalue weighted by Crippen LogP contribution is 2.26. The van der Waals surface area contributed by atoms with Gasteiger partial charge in [-0.15, -0.1) is 0 Å². The molecule has 28 heavy (non-hydrogen) atoms. The van der Waals surface area contributed by atoms with Crippen molar-refractivity contribution < 1.29 is 22.7 Å². The smallest absolute Gasteiger partial charge is 0.240 e. The van der Waals surface area contributed by atoms with Gasteiger partial charge in [0, 0.05) is 25.2 Å². The highest BCUT2D eigenvalue weighted by molar-refractivity contribution is 7.89. The molecule has 1 amide bonds. The fraction of sp³-hybridized carbons (Fsp3) is 0.350. The van der Waals surface area contributed by atoms with Crippen molar-refractivity contribution in [1.29, 1.82) is 0 Å². The summed E-state index contributed by atoms with van der Waals surface area (Å²) in [5.74, 6) is 1.27. The topological polar surface area (TPSA) is 84.9 Å². The monoisotopic (exact) mass is 404 g/mol. The molecule has 1 fully saturated rings. The molecule has 3 rings (SSSR count). The highest BCUT2D eigenvalue weighted by atomic mass is 32.2. The van der Waals surface area contributed by atoms with Crippen molar-refractivity contribution in [3.63, 3.8) is 0 Å². The minimum atomic E-state index is -3.65. The molecular weight excluding hydrogens is 380 g/mol. The number of rotatable bonds is 9. The molecular formula is C20H24N2O5S. The molecule has 1 N–H and O–H groups in total. The van der Waals surface area contributed by atoms with Crippen LogP contribution in [-0.4, -0.2) is 40.6 Å². The number of carbonyl (C=O) groups is 1. The summed E-state index contributed by atoms with van der Waals surface area (Å²) >= 11 is 0. The lowest BCUT2D eigenvalue weighted by atomic mass is 10.3. The van der Waals surface area contributed by atoms with Crippen molar-refractivity contribution in [1.82, 2.24) is 4.72 Å². The van der Waals surface area contributed by atoms with Gasteiger partial charge < -0.3 is 14.4 Å². The minimum absolute atomic E-state index is 0.0678. The molecule has 1 aliphatic rings. The second-order valence-corrected chi connectivity index (χ2v) is 8.04. The largest absolute Gasteiger partial charge is 0.490 e. The predicted molar refractivity (Wildman–Crippen MR) is 106 cm³/mol. The maximum atomic E-state index is 12.4. The summed E-state index contributed by atoms with van der Waals surface area (Å²) in [6.45, 7) is 3.37. The van der Waals surface area contributed by atoms with Crippen molar-refractivity contribution in [3.05, 3.63) is 48.5 Å². The van der Waals surface area contributed by atoms with Gasteiger partial charge in [-0.3, -0.25) is 4.79 Å². The zero-order chi connectivity index (χ0) is 20.0. The van der Waals surface area contributed by atoms with E-state index in [1.807, 2.05) is 19.1 Å². The van der Waals surface area contributed by atoms with Crippen LogP contribution in [0.3, 0.4) is 0 Å². The maximum Gasteiger partial charge on any atom is 0.240 e. The van der Waals surface area contributed by atoms with Crippen LogP contribution in [0.5, 0.6) is 11.5 Å². The van der Waals surface area contributed by atoms with Crippen molar-refractivity contribution in [2.24, 2.45) is 0 Å². The van der Waals surface area contributed by atoms with Crippen LogP contribution in [0.15, 0.2) is 53.4 Å². The molecule has 150 valence electrons. The molecule has 2 aromatic carbocycles. The molecule has 1 aliphatic heterocycles. The van der Waals surface area contributed by atoms with Gasteiger partial charge in [0.05, 0.1) is 11.5 Å². The molecule has 0 bridgehead atoms. The van der Waals surface area contributed by atoms with Crippen molar-refractivity contribution >= 4 is 21.6 Å². The fourth-order valence-electron chi connectivity index (χ4n) is 2.99. The van der Waals surface area contributed by atoms with Gasteiger partial charge in [0.2, 0.25) is 15.9 Å². The molecule has 1 saturated heterocycles. The number of anilines is 1. The Hall–Kier alpha value is -2.58. The van der Waals surface area contributed by atoms with E-state index in [0.29, 0.717) is 31.1 Å². The van der Waals surface area contributed by atoms with E-state index < -0.39 is 10.0 Å². The zero-order valence-corrected chi connectivity index (χ0v) is 16.6. The van der Waals surface area contributed by atoms with Crippen LogP contribution < -0.4 is 19.1 Å². The van der Waals surface area contributed by atoms with Crippen LogP contribution in [0, 0.1) is 0 Å². The van der Waals surface area contributed by atoms with Crippen LogP contribution in [0.4, 0.5) is 5.69 Å². The standard InChI is InChI=1S/C20H24N2O5S/c1-2-26-18-6-3-4-7-19(18)27-15-13-21-28(24,25)17-11-9-16(10-12-17)22-14-5-8-20(22)23/h3-4,6-7,9-12,21H,2,5,8,13-15H2,1H3. The second-order valence-electron chi connectivity index (χ2n) is 6.27. The third-order valence-electron chi connectivity index (χ3n) is 4.33. The van der Waals surface area contributed by atoms with Gasteiger partial charge in [-0.25, -0.2) is 13.1 Å². The van der Waals surface area contributed by atoms with Gasteiger partial charge in [0.25, 0.3) is 0 Å². The second kappa shape index (κ2) is 9.07. The van der Waals surface area contributed by atoms with E-state index in [2.05, 4.69) is 4.72 Å². The average molecular weight is 404 g/mol. The Morgan fingerprint density at radius 2 is 1.71 bits per heavy atom. The first-order chi connectivity index (χ1) is 13.5. The molecule has 8 heteroatoms. The lowest BCUT2D eigenvalue weighted by Crippen LogP contribution is -2.28. The zero-order valence-electron chi connectivity index (χ0n) is 15.8. The van der Waals surface area contributed by atoms with Crippen LogP contribution in [0.2, 0.25) is 0 Å². The number of hydrogen-bond donors (Lipinski definition) is 1. The number of nitrogens with zero attached hydrogens (tertiary/aromatic N) is 1. The average Bonchev–Trinajstić information content (AvgIpc) is 3.13. The lowest BCUT2D eigenvalue weighted by Gasteiger charge is -2.16. The van der Waals surface area contributed by atoms with E-state index in [1.54, 1.807) is 29.2 Å². The Bertz CT molecular complexity index is 912. The third-order valence-corrected chi connectivity index (χ3v) is 5.81. The molecule has 0 spiro atoms. The molecule has 0 unspecified atom stereocenters.